The number of nitrogens with zero attached hydrogens (tertiary/aromatic N) is 3. The molecule has 0 radical (unpaired) electrons. The van der Waals surface area contributed by atoms with E-state index < -0.39 is 5.92 Å². The van der Waals surface area contributed by atoms with Crippen molar-refractivity contribution in [2.45, 2.75) is 70.0 Å². The van der Waals surface area contributed by atoms with E-state index in [9.17, 15) is 8.78 Å². The summed E-state index contributed by atoms with van der Waals surface area (Å²) < 4.78 is 26.7. The van der Waals surface area contributed by atoms with Crippen LogP contribution in [-0.4, -0.2) is 57.4 Å². The number of hydrogen-bond donors (Lipinski definition) is 1. The molecule has 0 amide bonds. The summed E-state index contributed by atoms with van der Waals surface area (Å²) in [4.78, 5) is 13.4. The van der Waals surface area contributed by atoms with Gasteiger partial charge in [0.05, 0.1) is 17.6 Å². The second kappa shape index (κ2) is 7.06. The molecule has 1 aromatic carbocycles. The molecule has 6 heteroatoms. The molecule has 3 saturated heterocycles. The molecule has 3 aliphatic heterocycles. The lowest BCUT2D eigenvalue weighted by molar-refractivity contribution is -0.0799. The van der Waals surface area contributed by atoms with Gasteiger partial charge in [-0.15, -0.1) is 0 Å². The van der Waals surface area contributed by atoms with Crippen molar-refractivity contribution >= 4 is 11.0 Å². The maximum Gasteiger partial charge on any atom is 0.248 e. The van der Waals surface area contributed by atoms with Crippen molar-refractivity contribution in [3.8, 4) is 0 Å². The van der Waals surface area contributed by atoms with Gasteiger partial charge in [0.1, 0.15) is 5.82 Å². The van der Waals surface area contributed by atoms with E-state index in [1.807, 2.05) is 0 Å². The first-order chi connectivity index (χ1) is 13.5. The van der Waals surface area contributed by atoms with Crippen molar-refractivity contribution in [1.82, 2.24) is 19.8 Å². The van der Waals surface area contributed by atoms with Crippen molar-refractivity contribution in [3.05, 3.63) is 29.6 Å². The van der Waals surface area contributed by atoms with Crippen molar-refractivity contribution in [2.24, 2.45) is 5.92 Å². The highest BCUT2D eigenvalue weighted by molar-refractivity contribution is 5.78. The number of rotatable bonds is 5. The Kier molecular flexibility index (Phi) is 4.67. The maximum absolute atomic E-state index is 13.3. The Hall–Kier alpha value is -1.53. The highest BCUT2D eigenvalue weighted by atomic mass is 19.3. The van der Waals surface area contributed by atoms with Crippen LogP contribution < -0.4 is 0 Å². The molecule has 2 bridgehead atoms. The minimum absolute atomic E-state index is 0.0925. The molecule has 1 N–H and O–H groups in total. The number of imidazole rings is 1. The normalized spacial score (nSPS) is 28.5. The number of piperazine rings is 1. The molecule has 1 aromatic heterocycles. The number of para-hydroxylation sites is 1. The number of benzene rings is 1. The highest BCUT2D eigenvalue weighted by Crippen LogP contribution is 2.39. The first kappa shape index (κ1) is 18.5. The number of fused-ring (bicyclic) bond motifs is 3. The number of aryl methyl sites for hydroxylation is 1. The Balaban J connectivity index is 1.12. The first-order valence-electron chi connectivity index (χ1n) is 10.8. The topological polar surface area (TPSA) is 35.2 Å². The van der Waals surface area contributed by atoms with Crippen LogP contribution in [0.15, 0.2) is 18.2 Å². The van der Waals surface area contributed by atoms with Crippen LogP contribution in [0, 0.1) is 12.8 Å². The summed E-state index contributed by atoms with van der Waals surface area (Å²) in [6, 6.07) is 7.54. The predicted molar refractivity (Wildman–Crippen MR) is 107 cm³/mol. The molecule has 152 valence electrons. The SMILES string of the molecule is Cc1cccc2[nH]c(CN3CC4CC(C3)N4CCC3CCC(F)(F)CC3)nc12. The van der Waals surface area contributed by atoms with Crippen LogP contribution in [-0.2, 0) is 6.54 Å². The fourth-order valence-corrected chi connectivity index (χ4v) is 5.50. The lowest BCUT2D eigenvalue weighted by atomic mass is 9.82. The summed E-state index contributed by atoms with van der Waals surface area (Å²) in [5.41, 5.74) is 3.42. The van der Waals surface area contributed by atoms with Crippen molar-refractivity contribution in [2.75, 3.05) is 19.6 Å². The lowest BCUT2D eigenvalue weighted by Gasteiger charge is -2.56. The summed E-state index contributed by atoms with van der Waals surface area (Å²) in [6.07, 6.45) is 3.97. The fraction of sp³-hybridized carbons (Fsp3) is 0.682. The third-order valence-corrected chi connectivity index (χ3v) is 7.19. The van der Waals surface area contributed by atoms with E-state index in [4.69, 9.17) is 4.98 Å². The number of H-pyrrole nitrogens is 1. The van der Waals surface area contributed by atoms with Crippen molar-refractivity contribution < 1.29 is 8.78 Å². The standard InChI is InChI=1S/C22H30F2N4/c1-15-3-2-4-19-21(15)26-20(25-19)14-27-12-17-11-18(13-27)28(17)10-7-16-5-8-22(23,24)9-6-16/h2-4,16-18H,5-14H2,1H3,(H,25,26). The molecule has 1 saturated carbocycles. The molecule has 1 aliphatic carbocycles. The second-order valence-corrected chi connectivity index (χ2v) is 9.22. The molecule has 4 heterocycles. The maximum atomic E-state index is 13.3. The van der Waals surface area contributed by atoms with Crippen molar-refractivity contribution in [3.63, 3.8) is 0 Å². The number of halogens is 2. The summed E-state index contributed by atoms with van der Waals surface area (Å²) in [5.74, 6) is -0.851. The largest absolute Gasteiger partial charge is 0.341 e. The first-order valence-corrected chi connectivity index (χ1v) is 10.8. The van der Waals surface area contributed by atoms with Gasteiger partial charge in [0.25, 0.3) is 0 Å². The van der Waals surface area contributed by atoms with E-state index in [1.165, 1.54) is 12.0 Å². The Morgan fingerprint density at radius 1 is 1.18 bits per heavy atom. The Morgan fingerprint density at radius 3 is 2.64 bits per heavy atom. The summed E-state index contributed by atoms with van der Waals surface area (Å²) in [7, 11) is 0. The zero-order valence-electron chi connectivity index (χ0n) is 16.6. The molecule has 2 unspecified atom stereocenters. The second-order valence-electron chi connectivity index (χ2n) is 9.22. The van der Waals surface area contributed by atoms with Gasteiger partial charge in [0, 0.05) is 38.0 Å². The minimum atomic E-state index is -2.40. The number of nitrogens with one attached hydrogen (secondary N) is 1. The molecule has 4 nitrogen and oxygen atoms in total. The third-order valence-electron chi connectivity index (χ3n) is 7.19. The quantitative estimate of drug-likeness (QED) is 0.827. The minimum Gasteiger partial charge on any atom is -0.341 e. The number of hydrogen-bond acceptors (Lipinski definition) is 3. The predicted octanol–water partition coefficient (Wildman–Crippen LogP) is 4.35. The average Bonchev–Trinajstić information content (AvgIpc) is 3.07. The monoisotopic (exact) mass is 388 g/mol. The zero-order chi connectivity index (χ0) is 19.3. The van der Waals surface area contributed by atoms with Crippen LogP contribution in [0.1, 0.15) is 49.9 Å². The van der Waals surface area contributed by atoms with E-state index >= 15 is 0 Å². The van der Waals surface area contributed by atoms with Crippen LogP contribution in [0.3, 0.4) is 0 Å². The van der Waals surface area contributed by atoms with E-state index in [-0.39, 0.29) is 12.8 Å². The van der Waals surface area contributed by atoms with Crippen LogP contribution >= 0.6 is 0 Å². The molecule has 4 fully saturated rings. The molecule has 6 rings (SSSR count). The summed E-state index contributed by atoms with van der Waals surface area (Å²) in [6.45, 7) is 6.26. The molecular weight excluding hydrogens is 358 g/mol. The Bertz CT molecular complexity index is 826. The van der Waals surface area contributed by atoms with Gasteiger partial charge in [-0.1, -0.05) is 12.1 Å². The summed E-state index contributed by atoms with van der Waals surface area (Å²) in [5, 5.41) is 0. The highest BCUT2D eigenvalue weighted by Gasteiger charge is 2.44. The van der Waals surface area contributed by atoms with Crippen LogP contribution in [0.2, 0.25) is 0 Å². The van der Waals surface area contributed by atoms with Gasteiger partial charge >= 0.3 is 0 Å². The number of aromatic nitrogens is 2. The van der Waals surface area contributed by atoms with Gasteiger partial charge < -0.3 is 4.98 Å². The third kappa shape index (κ3) is 3.57. The number of alkyl halides is 2. The smallest absolute Gasteiger partial charge is 0.248 e. The van der Waals surface area contributed by atoms with Gasteiger partial charge in [-0.2, -0.15) is 0 Å². The van der Waals surface area contributed by atoms with Gasteiger partial charge in [-0.05, 0) is 56.7 Å². The number of piperidine rings is 1. The number of aromatic amines is 1. The Labute approximate surface area is 165 Å². The average molecular weight is 389 g/mol. The van der Waals surface area contributed by atoms with Crippen molar-refractivity contribution in [1.29, 1.82) is 0 Å². The molecule has 2 atom stereocenters. The summed E-state index contributed by atoms with van der Waals surface area (Å²) >= 11 is 0. The van der Waals surface area contributed by atoms with E-state index in [0.29, 0.717) is 30.8 Å². The van der Waals surface area contributed by atoms with E-state index in [1.54, 1.807) is 0 Å². The van der Waals surface area contributed by atoms with Crippen LogP contribution in [0.4, 0.5) is 8.78 Å². The van der Waals surface area contributed by atoms with Gasteiger partial charge in [-0.25, -0.2) is 13.8 Å². The lowest BCUT2D eigenvalue weighted by Crippen LogP contribution is -2.68. The zero-order valence-corrected chi connectivity index (χ0v) is 16.6. The van der Waals surface area contributed by atoms with Gasteiger partial charge in [0.2, 0.25) is 5.92 Å². The van der Waals surface area contributed by atoms with E-state index in [0.717, 1.165) is 49.5 Å². The Morgan fingerprint density at radius 2 is 1.93 bits per heavy atom. The van der Waals surface area contributed by atoms with Gasteiger partial charge in [-0.3, -0.25) is 9.80 Å². The molecular formula is C22H30F2N4. The van der Waals surface area contributed by atoms with E-state index in [2.05, 4.69) is 39.9 Å². The fourth-order valence-electron chi connectivity index (χ4n) is 5.50. The molecule has 28 heavy (non-hydrogen) atoms. The van der Waals surface area contributed by atoms with Crippen LogP contribution in [0.25, 0.3) is 11.0 Å². The molecule has 4 aliphatic rings. The molecule has 0 spiro atoms. The van der Waals surface area contributed by atoms with Gasteiger partial charge in [0.15, 0.2) is 0 Å². The van der Waals surface area contributed by atoms with Crippen LogP contribution in [0.5, 0.6) is 0 Å². The molecule has 2 aromatic rings.